The van der Waals surface area contributed by atoms with E-state index in [-0.39, 0.29) is 11.7 Å². The molecule has 0 heterocycles. The van der Waals surface area contributed by atoms with Gasteiger partial charge in [0, 0.05) is 22.6 Å². The van der Waals surface area contributed by atoms with Crippen LogP contribution in [0.4, 0.5) is 4.39 Å². The van der Waals surface area contributed by atoms with Gasteiger partial charge in [-0.05, 0) is 36.4 Å². The Bertz CT molecular complexity index is 659. The van der Waals surface area contributed by atoms with Crippen molar-refractivity contribution in [2.24, 2.45) is 0 Å². The van der Waals surface area contributed by atoms with Crippen LogP contribution in [0.5, 0.6) is 0 Å². The van der Waals surface area contributed by atoms with Gasteiger partial charge in [-0.3, -0.25) is 4.79 Å². The molecular formula is C18H16FNOS. The molecule has 0 bridgehead atoms. The number of hydrogen-bond acceptors (Lipinski definition) is 2. The molecule has 22 heavy (non-hydrogen) atoms. The fourth-order valence-electron chi connectivity index (χ4n) is 1.69. The number of rotatable bonds is 5. The van der Waals surface area contributed by atoms with E-state index in [1.807, 2.05) is 30.3 Å². The second kappa shape index (κ2) is 8.91. The number of amides is 1. The molecule has 0 aliphatic rings. The maximum absolute atomic E-state index is 12.7. The molecule has 4 heteroatoms. The Kier molecular flexibility index (Phi) is 6.53. The summed E-state index contributed by atoms with van der Waals surface area (Å²) in [5.41, 5.74) is 0.934. The van der Waals surface area contributed by atoms with Crippen molar-refractivity contribution in [3.05, 3.63) is 66.0 Å². The van der Waals surface area contributed by atoms with Crippen molar-refractivity contribution in [1.82, 2.24) is 5.32 Å². The van der Waals surface area contributed by atoms with Gasteiger partial charge in [-0.2, -0.15) is 0 Å². The van der Waals surface area contributed by atoms with Crippen LogP contribution in [-0.4, -0.2) is 18.2 Å². The zero-order valence-electron chi connectivity index (χ0n) is 12.0. The highest BCUT2D eigenvalue weighted by molar-refractivity contribution is 7.99. The summed E-state index contributed by atoms with van der Waals surface area (Å²) in [5.74, 6) is 6.27. The molecule has 112 valence electrons. The summed E-state index contributed by atoms with van der Waals surface area (Å²) in [4.78, 5) is 12.6. The standard InChI is InChI=1S/C18H16FNOS/c19-16-8-10-17(11-9-16)22-14-12-18(21)20-13-4-7-15-5-2-1-3-6-15/h1-3,5-6,8-11H,12-14H2,(H,20,21). The predicted molar refractivity (Wildman–Crippen MR) is 88.1 cm³/mol. The van der Waals surface area contributed by atoms with Crippen molar-refractivity contribution in [2.75, 3.05) is 12.3 Å². The predicted octanol–water partition coefficient (Wildman–Crippen LogP) is 3.48. The monoisotopic (exact) mass is 313 g/mol. The van der Waals surface area contributed by atoms with Crippen LogP contribution in [0.2, 0.25) is 0 Å². The number of carbonyl (C=O) groups excluding carboxylic acids is 1. The number of benzene rings is 2. The molecule has 0 aromatic heterocycles. The lowest BCUT2D eigenvalue weighted by molar-refractivity contribution is -0.120. The molecule has 0 atom stereocenters. The summed E-state index contributed by atoms with van der Waals surface area (Å²) >= 11 is 1.53. The number of thioether (sulfide) groups is 1. The molecule has 2 aromatic rings. The maximum Gasteiger partial charge on any atom is 0.221 e. The van der Waals surface area contributed by atoms with E-state index in [1.54, 1.807) is 12.1 Å². The third-order valence-corrected chi connectivity index (χ3v) is 3.81. The van der Waals surface area contributed by atoms with E-state index >= 15 is 0 Å². The first-order valence-corrected chi connectivity index (χ1v) is 7.91. The first kappa shape index (κ1) is 16.1. The molecule has 0 saturated heterocycles. The van der Waals surface area contributed by atoms with Crippen LogP contribution in [0.1, 0.15) is 12.0 Å². The molecule has 0 fully saturated rings. The van der Waals surface area contributed by atoms with Gasteiger partial charge in [0.2, 0.25) is 5.91 Å². The van der Waals surface area contributed by atoms with Gasteiger partial charge in [0.05, 0.1) is 6.54 Å². The highest BCUT2D eigenvalue weighted by Gasteiger charge is 2.01. The van der Waals surface area contributed by atoms with Crippen molar-refractivity contribution in [1.29, 1.82) is 0 Å². The van der Waals surface area contributed by atoms with Gasteiger partial charge in [-0.1, -0.05) is 30.0 Å². The number of nitrogens with one attached hydrogen (secondary N) is 1. The first-order chi connectivity index (χ1) is 10.7. The van der Waals surface area contributed by atoms with Crippen LogP contribution in [0.3, 0.4) is 0 Å². The molecule has 0 spiro atoms. The minimum atomic E-state index is -0.251. The van der Waals surface area contributed by atoms with E-state index in [0.717, 1.165) is 10.5 Å². The lowest BCUT2D eigenvalue weighted by atomic mass is 10.2. The average molecular weight is 313 g/mol. The van der Waals surface area contributed by atoms with Crippen LogP contribution < -0.4 is 5.32 Å². The Balaban J connectivity index is 1.64. The molecule has 2 nitrogen and oxygen atoms in total. The topological polar surface area (TPSA) is 29.1 Å². The highest BCUT2D eigenvalue weighted by atomic mass is 32.2. The number of hydrogen-bond donors (Lipinski definition) is 1. The molecule has 2 aromatic carbocycles. The maximum atomic E-state index is 12.7. The molecule has 0 radical (unpaired) electrons. The highest BCUT2D eigenvalue weighted by Crippen LogP contribution is 2.18. The van der Waals surface area contributed by atoms with Gasteiger partial charge in [-0.25, -0.2) is 4.39 Å². The lowest BCUT2D eigenvalue weighted by Gasteiger charge is -2.02. The fraction of sp³-hybridized carbons (Fsp3) is 0.167. The van der Waals surface area contributed by atoms with Crippen molar-refractivity contribution in [3.8, 4) is 11.8 Å². The Hall–Kier alpha value is -2.25. The molecule has 2 rings (SSSR count). The molecule has 1 N–H and O–H groups in total. The van der Waals surface area contributed by atoms with E-state index in [0.29, 0.717) is 18.7 Å². The lowest BCUT2D eigenvalue weighted by Crippen LogP contribution is -2.23. The summed E-state index contributed by atoms with van der Waals surface area (Å²) in [6.45, 7) is 0.342. The summed E-state index contributed by atoms with van der Waals surface area (Å²) < 4.78 is 12.7. The zero-order chi connectivity index (χ0) is 15.6. The van der Waals surface area contributed by atoms with Gasteiger partial charge in [0.25, 0.3) is 0 Å². The van der Waals surface area contributed by atoms with Crippen LogP contribution in [0.15, 0.2) is 59.5 Å². The van der Waals surface area contributed by atoms with Crippen molar-refractivity contribution < 1.29 is 9.18 Å². The van der Waals surface area contributed by atoms with E-state index < -0.39 is 0 Å². The van der Waals surface area contributed by atoms with E-state index in [9.17, 15) is 9.18 Å². The second-order valence-electron chi connectivity index (χ2n) is 4.50. The van der Waals surface area contributed by atoms with Crippen LogP contribution in [0.25, 0.3) is 0 Å². The average Bonchev–Trinajstić information content (AvgIpc) is 2.54. The van der Waals surface area contributed by atoms with Crippen LogP contribution >= 0.6 is 11.8 Å². The van der Waals surface area contributed by atoms with Gasteiger partial charge >= 0.3 is 0 Å². The van der Waals surface area contributed by atoms with Gasteiger partial charge in [-0.15, -0.1) is 11.8 Å². The van der Waals surface area contributed by atoms with Crippen molar-refractivity contribution >= 4 is 17.7 Å². The Morgan fingerprint density at radius 2 is 1.82 bits per heavy atom. The summed E-state index contributed by atoms with van der Waals surface area (Å²) in [7, 11) is 0. The minimum absolute atomic E-state index is 0.0306. The summed E-state index contributed by atoms with van der Waals surface area (Å²) in [6.07, 6.45) is 0.412. The third-order valence-electron chi connectivity index (χ3n) is 2.79. The number of carbonyl (C=O) groups is 1. The SMILES string of the molecule is O=C(CCSc1ccc(F)cc1)NCC#Cc1ccccc1. The number of halogens is 1. The Labute approximate surface area is 134 Å². The smallest absolute Gasteiger partial charge is 0.221 e. The van der Waals surface area contributed by atoms with Crippen molar-refractivity contribution in [3.63, 3.8) is 0 Å². The van der Waals surface area contributed by atoms with E-state index in [4.69, 9.17) is 0 Å². The van der Waals surface area contributed by atoms with Gasteiger partial charge < -0.3 is 5.32 Å². The normalized spacial score (nSPS) is 9.68. The molecule has 0 saturated carbocycles. The third kappa shape index (κ3) is 6.02. The van der Waals surface area contributed by atoms with Gasteiger partial charge in [0.1, 0.15) is 5.82 Å². The van der Waals surface area contributed by atoms with Crippen LogP contribution in [0, 0.1) is 17.7 Å². The Morgan fingerprint density at radius 3 is 2.55 bits per heavy atom. The minimum Gasteiger partial charge on any atom is -0.345 e. The van der Waals surface area contributed by atoms with E-state index in [2.05, 4.69) is 17.2 Å². The largest absolute Gasteiger partial charge is 0.345 e. The van der Waals surface area contributed by atoms with Crippen molar-refractivity contribution in [2.45, 2.75) is 11.3 Å². The zero-order valence-corrected chi connectivity index (χ0v) is 12.8. The molecule has 0 unspecified atom stereocenters. The fourth-order valence-corrected chi connectivity index (χ4v) is 2.54. The van der Waals surface area contributed by atoms with E-state index in [1.165, 1.54) is 23.9 Å². The Morgan fingerprint density at radius 1 is 1.09 bits per heavy atom. The molecular weight excluding hydrogens is 297 g/mol. The van der Waals surface area contributed by atoms with Gasteiger partial charge in [0.15, 0.2) is 0 Å². The molecule has 0 aliphatic heterocycles. The molecule has 1 amide bonds. The molecule has 0 aliphatic carbocycles. The summed E-state index contributed by atoms with van der Waals surface area (Å²) in [6, 6.07) is 15.9. The summed E-state index contributed by atoms with van der Waals surface area (Å²) in [5, 5.41) is 2.76. The second-order valence-corrected chi connectivity index (χ2v) is 5.67. The quantitative estimate of drug-likeness (QED) is 0.676. The first-order valence-electron chi connectivity index (χ1n) is 6.93. The van der Waals surface area contributed by atoms with Crippen LogP contribution in [-0.2, 0) is 4.79 Å².